The molecular formula is C59H96NO7P. The lowest BCUT2D eigenvalue weighted by Crippen LogP contribution is -2.28. The van der Waals surface area contributed by atoms with E-state index in [1.54, 1.807) is 0 Å². The number of rotatable bonds is 48. The summed E-state index contributed by atoms with van der Waals surface area (Å²) in [6, 6.07) is 0. The van der Waals surface area contributed by atoms with Gasteiger partial charge in [-0.25, -0.2) is 4.57 Å². The van der Waals surface area contributed by atoms with Gasteiger partial charge in [-0.3, -0.25) is 13.8 Å². The molecule has 0 rings (SSSR count). The number of ether oxygens (including phenoxy) is 2. The van der Waals surface area contributed by atoms with E-state index in [0.717, 1.165) is 122 Å². The quantitative estimate of drug-likeness (QED) is 0.0268. The van der Waals surface area contributed by atoms with Gasteiger partial charge in [-0.15, -0.1) is 0 Å². The van der Waals surface area contributed by atoms with E-state index in [2.05, 4.69) is 160 Å². The number of carbonyl (C=O) groups is 1. The highest BCUT2D eigenvalue weighted by Gasteiger charge is 2.25. The van der Waals surface area contributed by atoms with E-state index in [0.29, 0.717) is 13.0 Å². The Hall–Kier alpha value is -3.62. The van der Waals surface area contributed by atoms with Crippen LogP contribution in [0, 0.1) is 0 Å². The molecule has 0 spiro atoms. The van der Waals surface area contributed by atoms with Crippen molar-refractivity contribution in [3.63, 3.8) is 0 Å². The Morgan fingerprint density at radius 1 is 0.441 bits per heavy atom. The summed E-state index contributed by atoms with van der Waals surface area (Å²) in [6.07, 6.45) is 78.8. The third-order valence-electron chi connectivity index (χ3n) is 10.3. The smallest absolute Gasteiger partial charge is 0.457 e. The normalized spacial score (nSPS) is 14.5. The van der Waals surface area contributed by atoms with E-state index in [1.165, 1.54) is 32.1 Å². The van der Waals surface area contributed by atoms with E-state index in [4.69, 9.17) is 24.3 Å². The number of esters is 1. The third-order valence-corrected chi connectivity index (χ3v) is 11.2. The number of allylic oxidation sites excluding steroid dienone is 24. The molecule has 0 bridgehead atoms. The first-order valence-electron chi connectivity index (χ1n) is 26.3. The van der Waals surface area contributed by atoms with E-state index < -0.39 is 13.9 Å². The molecule has 0 aromatic heterocycles. The average Bonchev–Trinajstić information content (AvgIpc) is 3.33. The Kier molecular flexibility index (Phi) is 51.4. The largest absolute Gasteiger partial charge is 0.472 e. The molecule has 68 heavy (non-hydrogen) atoms. The van der Waals surface area contributed by atoms with Crippen LogP contribution in [0.2, 0.25) is 0 Å². The molecule has 0 amide bonds. The van der Waals surface area contributed by atoms with Gasteiger partial charge >= 0.3 is 13.8 Å². The Balaban J connectivity index is 4.09. The van der Waals surface area contributed by atoms with Crippen LogP contribution < -0.4 is 5.73 Å². The van der Waals surface area contributed by atoms with Gasteiger partial charge in [0.15, 0.2) is 0 Å². The van der Waals surface area contributed by atoms with Gasteiger partial charge in [0.1, 0.15) is 6.10 Å². The maximum Gasteiger partial charge on any atom is 0.472 e. The van der Waals surface area contributed by atoms with E-state index >= 15 is 0 Å². The van der Waals surface area contributed by atoms with Gasteiger partial charge in [0, 0.05) is 19.6 Å². The topological polar surface area (TPSA) is 117 Å². The van der Waals surface area contributed by atoms with Crippen molar-refractivity contribution < 1.29 is 32.8 Å². The van der Waals surface area contributed by atoms with Crippen molar-refractivity contribution in [1.29, 1.82) is 0 Å². The minimum atomic E-state index is -4.31. The second kappa shape index (κ2) is 54.3. The first-order chi connectivity index (χ1) is 33.4. The molecular weight excluding hydrogens is 866 g/mol. The van der Waals surface area contributed by atoms with Crippen molar-refractivity contribution in [2.75, 3.05) is 33.0 Å². The lowest BCUT2D eigenvalue weighted by Gasteiger charge is -2.20. The predicted octanol–water partition coefficient (Wildman–Crippen LogP) is 16.9. The number of unbranched alkanes of at least 4 members (excludes halogenated alkanes) is 11. The number of carbonyl (C=O) groups excluding carboxylic acids is 1. The van der Waals surface area contributed by atoms with Crippen molar-refractivity contribution in [2.45, 2.75) is 187 Å². The van der Waals surface area contributed by atoms with Crippen molar-refractivity contribution >= 4 is 13.8 Å². The SMILES string of the molecule is CC/C=C\C/C=C\C/C=C\C/C=C\C/C=C\C/C=C\C/C=C\CCCCCC(=O)OC(COCCCCCCCCCC/C=C\C/C=C\C/C=C\C/C=C\C/C=C\CC)COP(=O)(O)OCCN. The summed E-state index contributed by atoms with van der Waals surface area (Å²) in [5.74, 6) is -0.371. The predicted molar refractivity (Wildman–Crippen MR) is 293 cm³/mol. The van der Waals surface area contributed by atoms with Crippen LogP contribution in [0.25, 0.3) is 0 Å². The highest BCUT2D eigenvalue weighted by Crippen LogP contribution is 2.43. The lowest BCUT2D eigenvalue weighted by molar-refractivity contribution is -0.154. The minimum Gasteiger partial charge on any atom is -0.457 e. The molecule has 0 aliphatic carbocycles. The van der Waals surface area contributed by atoms with Crippen LogP contribution >= 0.6 is 7.82 Å². The van der Waals surface area contributed by atoms with Crippen LogP contribution in [0.3, 0.4) is 0 Å². The standard InChI is InChI=1S/C59H96NO7P/c1-3-5-7-9-11-13-15-17-19-21-23-25-27-29-30-32-34-36-38-40-42-44-46-48-50-52-59(61)67-58(57-66-68(62,63)65-55-53-60)56-64-54-51-49-47-45-43-41-39-37-35-33-31-28-26-24-22-20-18-16-14-12-10-8-6-4-2/h5-8,11-14,17-20,23-26,29-31,33-34,36,40,42,58H,3-4,9-10,15-16,21-22,27-28,32,35,37-39,41,43-57,60H2,1-2H3,(H,62,63)/b7-5-,8-6-,13-11-,14-12-,19-17-,20-18-,25-23-,26-24-,30-29-,33-31-,36-34-,42-40-. The van der Waals surface area contributed by atoms with Gasteiger partial charge in [-0.05, 0) is 116 Å². The summed E-state index contributed by atoms with van der Waals surface area (Å²) >= 11 is 0. The van der Waals surface area contributed by atoms with Crippen LogP contribution in [0.15, 0.2) is 146 Å². The molecule has 0 aliphatic heterocycles. The number of nitrogens with two attached hydrogens (primary N) is 1. The summed E-state index contributed by atoms with van der Waals surface area (Å²) in [5, 5.41) is 0. The number of hydrogen-bond donors (Lipinski definition) is 2. The van der Waals surface area contributed by atoms with Crippen LogP contribution in [0.1, 0.15) is 181 Å². The second-order valence-corrected chi connectivity index (χ2v) is 18.1. The average molecular weight is 962 g/mol. The maximum atomic E-state index is 12.7. The zero-order valence-corrected chi connectivity index (χ0v) is 43.7. The van der Waals surface area contributed by atoms with Crippen molar-refractivity contribution in [1.82, 2.24) is 0 Å². The van der Waals surface area contributed by atoms with Gasteiger partial charge < -0.3 is 20.1 Å². The summed E-state index contributed by atoms with van der Waals surface area (Å²) < 4.78 is 33.6. The molecule has 9 heteroatoms. The molecule has 0 aromatic rings. The lowest BCUT2D eigenvalue weighted by atomic mass is 10.1. The van der Waals surface area contributed by atoms with Crippen molar-refractivity contribution in [3.05, 3.63) is 146 Å². The Bertz CT molecular complexity index is 1550. The third kappa shape index (κ3) is 53.3. The molecule has 0 radical (unpaired) electrons. The van der Waals surface area contributed by atoms with Gasteiger partial charge in [-0.2, -0.15) is 0 Å². The minimum absolute atomic E-state index is 0.0838. The van der Waals surface area contributed by atoms with Crippen LogP contribution in [0.5, 0.6) is 0 Å². The fourth-order valence-corrected chi connectivity index (χ4v) is 7.24. The monoisotopic (exact) mass is 962 g/mol. The van der Waals surface area contributed by atoms with E-state index in [-0.39, 0.29) is 38.8 Å². The molecule has 8 nitrogen and oxygen atoms in total. The van der Waals surface area contributed by atoms with Gasteiger partial charge in [-0.1, -0.05) is 205 Å². The number of phosphoric ester groups is 1. The van der Waals surface area contributed by atoms with E-state index in [9.17, 15) is 14.3 Å². The van der Waals surface area contributed by atoms with E-state index in [1.807, 2.05) is 0 Å². The summed E-state index contributed by atoms with van der Waals surface area (Å²) in [5.41, 5.74) is 5.39. The first kappa shape index (κ1) is 64.4. The highest BCUT2D eigenvalue weighted by molar-refractivity contribution is 7.47. The zero-order chi connectivity index (χ0) is 49.4. The Labute approximate surface area is 416 Å². The van der Waals surface area contributed by atoms with Gasteiger partial charge in [0.2, 0.25) is 0 Å². The Morgan fingerprint density at radius 3 is 1.16 bits per heavy atom. The van der Waals surface area contributed by atoms with Gasteiger partial charge in [0.25, 0.3) is 0 Å². The summed E-state index contributed by atoms with van der Waals surface area (Å²) in [4.78, 5) is 22.6. The molecule has 2 unspecified atom stereocenters. The fourth-order valence-electron chi connectivity index (χ4n) is 6.47. The van der Waals surface area contributed by atoms with Crippen LogP contribution in [-0.2, 0) is 27.9 Å². The summed E-state index contributed by atoms with van der Waals surface area (Å²) in [6.45, 7) is 4.59. The van der Waals surface area contributed by atoms with Crippen LogP contribution in [-0.4, -0.2) is 49.9 Å². The maximum absolute atomic E-state index is 12.7. The first-order valence-corrected chi connectivity index (χ1v) is 27.8. The van der Waals surface area contributed by atoms with Crippen LogP contribution in [0.4, 0.5) is 0 Å². The number of hydrogen-bond acceptors (Lipinski definition) is 7. The van der Waals surface area contributed by atoms with Crippen molar-refractivity contribution in [2.24, 2.45) is 5.73 Å². The fraction of sp³-hybridized carbons (Fsp3) is 0.576. The molecule has 0 saturated carbocycles. The summed E-state index contributed by atoms with van der Waals surface area (Å²) in [7, 11) is -4.31. The zero-order valence-electron chi connectivity index (χ0n) is 42.8. The molecule has 0 saturated heterocycles. The highest BCUT2D eigenvalue weighted by atomic mass is 31.2. The molecule has 3 N–H and O–H groups in total. The molecule has 0 heterocycles. The number of phosphoric acid groups is 1. The van der Waals surface area contributed by atoms with Crippen molar-refractivity contribution in [3.8, 4) is 0 Å². The molecule has 0 fully saturated rings. The molecule has 0 aromatic carbocycles. The molecule has 0 aliphatic rings. The van der Waals surface area contributed by atoms with Gasteiger partial charge in [0.05, 0.1) is 19.8 Å². The molecule has 384 valence electrons. The Morgan fingerprint density at radius 2 is 0.779 bits per heavy atom. The molecule has 2 atom stereocenters. The second-order valence-electron chi connectivity index (χ2n) is 16.6.